The van der Waals surface area contributed by atoms with E-state index in [2.05, 4.69) is 44.0 Å². The van der Waals surface area contributed by atoms with Crippen LogP contribution in [0.5, 0.6) is 5.75 Å². The fourth-order valence-electron chi connectivity index (χ4n) is 3.40. The third-order valence-corrected chi connectivity index (χ3v) is 4.57. The number of nitrogens with zero attached hydrogens (tertiary/aromatic N) is 1. The van der Waals surface area contributed by atoms with E-state index in [4.69, 9.17) is 10.5 Å². The van der Waals surface area contributed by atoms with Crippen molar-refractivity contribution in [2.75, 3.05) is 13.6 Å². The number of para-hydroxylation sites is 1. The first-order valence-electron chi connectivity index (χ1n) is 7.70. The van der Waals surface area contributed by atoms with Gasteiger partial charge in [-0.2, -0.15) is 0 Å². The van der Waals surface area contributed by atoms with Crippen LogP contribution >= 0.6 is 0 Å². The minimum atomic E-state index is -0.0687. The number of ether oxygens (including phenoxy) is 1. The Bertz CT molecular complexity index is 494. The average Bonchev–Trinajstić information content (AvgIpc) is 3.13. The lowest BCUT2D eigenvalue weighted by atomic mass is 10.00. The van der Waals surface area contributed by atoms with E-state index >= 15 is 0 Å². The second kappa shape index (κ2) is 5.05. The first-order chi connectivity index (χ1) is 9.50. The molecule has 3 rings (SSSR count). The number of rotatable bonds is 5. The molecule has 1 atom stereocenters. The van der Waals surface area contributed by atoms with E-state index in [1.54, 1.807) is 0 Å². The lowest BCUT2D eigenvalue weighted by molar-refractivity contribution is 0.134. The van der Waals surface area contributed by atoms with Crippen LogP contribution in [0.4, 0.5) is 0 Å². The predicted molar refractivity (Wildman–Crippen MR) is 81.9 cm³/mol. The van der Waals surface area contributed by atoms with E-state index in [0.29, 0.717) is 6.04 Å². The smallest absolute Gasteiger partial charge is 0.127 e. The van der Waals surface area contributed by atoms with Gasteiger partial charge >= 0.3 is 0 Å². The predicted octanol–water partition coefficient (Wildman–Crippen LogP) is 2.57. The van der Waals surface area contributed by atoms with Gasteiger partial charge in [0, 0.05) is 31.1 Å². The van der Waals surface area contributed by atoms with Crippen LogP contribution in [0.2, 0.25) is 0 Å². The van der Waals surface area contributed by atoms with E-state index in [1.165, 1.54) is 24.0 Å². The molecule has 1 aliphatic heterocycles. The Hall–Kier alpha value is -1.06. The van der Waals surface area contributed by atoms with E-state index in [0.717, 1.165) is 31.2 Å². The molecule has 0 amide bonds. The molecule has 1 unspecified atom stereocenters. The largest absolute Gasteiger partial charge is 0.487 e. The maximum Gasteiger partial charge on any atom is 0.127 e. The molecule has 1 saturated carbocycles. The van der Waals surface area contributed by atoms with Gasteiger partial charge in [0.1, 0.15) is 11.4 Å². The summed E-state index contributed by atoms with van der Waals surface area (Å²) in [6.45, 7) is 6.00. The Morgan fingerprint density at radius 1 is 1.40 bits per heavy atom. The average molecular weight is 274 g/mol. The van der Waals surface area contributed by atoms with Crippen molar-refractivity contribution in [2.24, 2.45) is 11.7 Å². The summed E-state index contributed by atoms with van der Waals surface area (Å²) in [7, 11) is 2.19. The summed E-state index contributed by atoms with van der Waals surface area (Å²) >= 11 is 0. The maximum atomic E-state index is 6.16. The van der Waals surface area contributed by atoms with Crippen molar-refractivity contribution in [3.63, 3.8) is 0 Å². The molecule has 0 spiro atoms. The quantitative estimate of drug-likeness (QED) is 0.897. The number of benzene rings is 1. The molecule has 0 aromatic heterocycles. The van der Waals surface area contributed by atoms with Crippen LogP contribution in [-0.2, 0) is 13.0 Å². The normalized spacial score (nSPS) is 21.6. The molecule has 1 aromatic rings. The summed E-state index contributed by atoms with van der Waals surface area (Å²) < 4.78 is 6.16. The second-order valence-electron chi connectivity index (χ2n) is 7.00. The first-order valence-corrected chi connectivity index (χ1v) is 7.70. The van der Waals surface area contributed by atoms with Gasteiger partial charge in [-0.15, -0.1) is 0 Å². The summed E-state index contributed by atoms with van der Waals surface area (Å²) in [5.41, 5.74) is 8.53. The second-order valence-corrected chi connectivity index (χ2v) is 7.00. The molecule has 3 nitrogen and oxygen atoms in total. The summed E-state index contributed by atoms with van der Waals surface area (Å²) in [5.74, 6) is 1.91. The summed E-state index contributed by atoms with van der Waals surface area (Å²) in [6.07, 6.45) is 3.67. The van der Waals surface area contributed by atoms with Crippen molar-refractivity contribution in [1.29, 1.82) is 0 Å². The third kappa shape index (κ3) is 2.70. The van der Waals surface area contributed by atoms with E-state index in [9.17, 15) is 0 Å². The molecular formula is C17H26N2O. The zero-order valence-corrected chi connectivity index (χ0v) is 12.9. The topological polar surface area (TPSA) is 38.5 Å². The highest BCUT2D eigenvalue weighted by atomic mass is 16.5. The monoisotopic (exact) mass is 274 g/mol. The van der Waals surface area contributed by atoms with Gasteiger partial charge in [0.05, 0.1) is 0 Å². The van der Waals surface area contributed by atoms with Crippen molar-refractivity contribution in [3.05, 3.63) is 29.3 Å². The number of hydrogen-bond donors (Lipinski definition) is 1. The molecule has 0 saturated heterocycles. The summed E-state index contributed by atoms with van der Waals surface area (Å²) in [4.78, 5) is 2.40. The Kier molecular flexibility index (Phi) is 3.51. The fraction of sp³-hybridized carbons (Fsp3) is 0.647. The van der Waals surface area contributed by atoms with Gasteiger partial charge in [0.15, 0.2) is 0 Å². The SMILES string of the molecule is CN(Cc1cccc2c1OC(C)(C)C2)C(CN)C1CC1. The Balaban J connectivity index is 1.77. The molecule has 0 radical (unpaired) electrons. The molecule has 20 heavy (non-hydrogen) atoms. The fourth-order valence-corrected chi connectivity index (χ4v) is 3.40. The number of hydrogen-bond acceptors (Lipinski definition) is 3. The van der Waals surface area contributed by atoms with E-state index in [1.807, 2.05) is 0 Å². The molecule has 1 heterocycles. The van der Waals surface area contributed by atoms with Gasteiger partial charge in [0.2, 0.25) is 0 Å². The standard InChI is InChI=1S/C17H26N2O/c1-17(2)9-13-5-4-6-14(16(13)20-17)11-19(3)15(10-18)12-7-8-12/h4-6,12,15H,7-11,18H2,1-3H3. The van der Waals surface area contributed by atoms with Crippen LogP contribution in [0, 0.1) is 5.92 Å². The van der Waals surface area contributed by atoms with Gasteiger partial charge in [-0.05, 0) is 45.2 Å². The van der Waals surface area contributed by atoms with E-state index in [-0.39, 0.29) is 5.60 Å². The number of fused-ring (bicyclic) bond motifs is 1. The lowest BCUT2D eigenvalue weighted by Crippen LogP contribution is -2.39. The Morgan fingerprint density at radius 2 is 2.15 bits per heavy atom. The van der Waals surface area contributed by atoms with Crippen LogP contribution in [0.25, 0.3) is 0 Å². The molecule has 2 aliphatic rings. The summed E-state index contributed by atoms with van der Waals surface area (Å²) in [6, 6.07) is 7.05. The minimum absolute atomic E-state index is 0.0687. The van der Waals surface area contributed by atoms with Crippen molar-refractivity contribution in [1.82, 2.24) is 4.90 Å². The third-order valence-electron chi connectivity index (χ3n) is 4.57. The zero-order chi connectivity index (χ0) is 14.3. The van der Waals surface area contributed by atoms with Crippen LogP contribution in [0.15, 0.2) is 18.2 Å². The van der Waals surface area contributed by atoms with Crippen LogP contribution in [0.1, 0.15) is 37.8 Å². The van der Waals surface area contributed by atoms with Gasteiger partial charge in [-0.3, -0.25) is 4.90 Å². The molecule has 110 valence electrons. The lowest BCUT2D eigenvalue weighted by Gasteiger charge is -2.28. The molecule has 0 bridgehead atoms. The van der Waals surface area contributed by atoms with Gasteiger partial charge in [-0.1, -0.05) is 18.2 Å². The first kappa shape index (κ1) is 13.9. The molecule has 1 aromatic carbocycles. The van der Waals surface area contributed by atoms with E-state index < -0.39 is 0 Å². The van der Waals surface area contributed by atoms with Gasteiger partial charge < -0.3 is 10.5 Å². The van der Waals surface area contributed by atoms with Crippen molar-refractivity contribution in [2.45, 2.75) is 51.3 Å². The highest BCUT2D eigenvalue weighted by Crippen LogP contribution is 2.39. The Labute approximate surface area is 122 Å². The highest BCUT2D eigenvalue weighted by molar-refractivity contribution is 5.45. The summed E-state index contributed by atoms with van der Waals surface area (Å²) in [5, 5.41) is 0. The van der Waals surface area contributed by atoms with Gasteiger partial charge in [0.25, 0.3) is 0 Å². The van der Waals surface area contributed by atoms with Crippen LogP contribution < -0.4 is 10.5 Å². The van der Waals surface area contributed by atoms with Gasteiger partial charge in [-0.25, -0.2) is 0 Å². The zero-order valence-electron chi connectivity index (χ0n) is 12.9. The van der Waals surface area contributed by atoms with Crippen LogP contribution in [0.3, 0.4) is 0 Å². The number of likely N-dealkylation sites (N-methyl/N-ethyl adjacent to an activating group) is 1. The van der Waals surface area contributed by atoms with Crippen LogP contribution in [-0.4, -0.2) is 30.1 Å². The minimum Gasteiger partial charge on any atom is -0.487 e. The van der Waals surface area contributed by atoms with Crippen molar-refractivity contribution >= 4 is 0 Å². The molecule has 1 aliphatic carbocycles. The molecule has 2 N–H and O–H groups in total. The number of nitrogens with two attached hydrogens (primary N) is 1. The molecule has 3 heteroatoms. The molecule has 1 fully saturated rings. The highest BCUT2D eigenvalue weighted by Gasteiger charge is 2.35. The maximum absolute atomic E-state index is 6.16. The van der Waals surface area contributed by atoms with Crippen molar-refractivity contribution in [3.8, 4) is 5.75 Å². The van der Waals surface area contributed by atoms with Crippen molar-refractivity contribution < 1.29 is 4.74 Å². The molecular weight excluding hydrogens is 248 g/mol. The Morgan fingerprint density at radius 3 is 2.80 bits per heavy atom.